The van der Waals surface area contributed by atoms with Crippen LogP contribution in [-0.4, -0.2) is 35.5 Å². The number of nitrogens with one attached hydrogen (secondary N) is 3. The predicted octanol–water partition coefficient (Wildman–Crippen LogP) is 2.17. The van der Waals surface area contributed by atoms with E-state index in [4.69, 9.17) is 4.42 Å². The van der Waals surface area contributed by atoms with Gasteiger partial charge in [0.15, 0.2) is 11.2 Å². The van der Waals surface area contributed by atoms with Crippen molar-refractivity contribution in [1.29, 1.82) is 0 Å². The average Bonchev–Trinajstić information content (AvgIpc) is 2.65. The molecule has 27 heavy (non-hydrogen) atoms. The lowest BCUT2D eigenvalue weighted by Gasteiger charge is -2.09. The van der Waals surface area contributed by atoms with Crippen molar-refractivity contribution in [3.8, 4) is 0 Å². The van der Waals surface area contributed by atoms with Crippen LogP contribution in [0.2, 0.25) is 0 Å². The van der Waals surface area contributed by atoms with Gasteiger partial charge in [-0.3, -0.25) is 9.59 Å². The Morgan fingerprint density at radius 2 is 1.93 bits per heavy atom. The molecule has 3 rings (SSSR count). The van der Waals surface area contributed by atoms with Crippen molar-refractivity contribution in [2.75, 3.05) is 30.3 Å². The van der Waals surface area contributed by atoms with E-state index in [-0.39, 0.29) is 11.2 Å². The molecule has 0 aliphatic carbocycles. The van der Waals surface area contributed by atoms with Gasteiger partial charge in [0.25, 0.3) is 5.91 Å². The molecule has 0 saturated carbocycles. The lowest BCUT2D eigenvalue weighted by atomic mass is 10.2. The van der Waals surface area contributed by atoms with Crippen LogP contribution in [0.1, 0.15) is 23.2 Å². The van der Waals surface area contributed by atoms with Gasteiger partial charge in [0.1, 0.15) is 11.4 Å². The Kier molecular flexibility index (Phi) is 5.65. The second kappa shape index (κ2) is 8.31. The minimum absolute atomic E-state index is 0.0139. The highest BCUT2D eigenvalue weighted by molar-refractivity contribution is 5.93. The monoisotopic (exact) mass is 367 g/mol. The van der Waals surface area contributed by atoms with Gasteiger partial charge in [-0.15, -0.1) is 0 Å². The Labute approximate surface area is 156 Å². The van der Waals surface area contributed by atoms with Gasteiger partial charge in [0.05, 0.1) is 5.39 Å². The summed E-state index contributed by atoms with van der Waals surface area (Å²) in [5, 5.41) is 9.36. The number of fused-ring (bicyclic) bond motifs is 1. The summed E-state index contributed by atoms with van der Waals surface area (Å²) >= 11 is 0. The number of amides is 1. The van der Waals surface area contributed by atoms with Crippen molar-refractivity contribution in [1.82, 2.24) is 15.3 Å². The SMILES string of the molecule is CCNc1cc(C)nc(NCCNC(=O)c2cc(=O)c3ccccc3o2)n1. The topological polar surface area (TPSA) is 109 Å². The summed E-state index contributed by atoms with van der Waals surface area (Å²) in [4.78, 5) is 32.9. The highest BCUT2D eigenvalue weighted by Crippen LogP contribution is 2.11. The molecule has 1 amide bonds. The van der Waals surface area contributed by atoms with Gasteiger partial charge in [0, 0.05) is 37.5 Å². The molecular weight excluding hydrogens is 346 g/mol. The van der Waals surface area contributed by atoms with E-state index in [9.17, 15) is 9.59 Å². The van der Waals surface area contributed by atoms with Crippen molar-refractivity contribution in [2.45, 2.75) is 13.8 Å². The molecule has 0 aliphatic heterocycles. The van der Waals surface area contributed by atoms with E-state index < -0.39 is 5.91 Å². The normalized spacial score (nSPS) is 10.6. The van der Waals surface area contributed by atoms with Crippen LogP contribution in [0.25, 0.3) is 11.0 Å². The number of benzene rings is 1. The fourth-order valence-electron chi connectivity index (χ4n) is 2.57. The smallest absolute Gasteiger partial charge is 0.287 e. The van der Waals surface area contributed by atoms with E-state index in [1.54, 1.807) is 24.3 Å². The number of nitrogens with zero attached hydrogens (tertiary/aromatic N) is 2. The molecule has 0 radical (unpaired) electrons. The first-order valence-electron chi connectivity index (χ1n) is 8.71. The van der Waals surface area contributed by atoms with E-state index in [1.807, 2.05) is 19.9 Å². The summed E-state index contributed by atoms with van der Waals surface area (Å²) in [6.07, 6.45) is 0. The Hall–Kier alpha value is -3.42. The quantitative estimate of drug-likeness (QED) is 0.549. The number of aryl methyl sites for hydroxylation is 1. The molecule has 3 N–H and O–H groups in total. The molecule has 2 aromatic heterocycles. The maximum Gasteiger partial charge on any atom is 0.287 e. The molecule has 0 saturated heterocycles. The Morgan fingerprint density at radius 1 is 1.11 bits per heavy atom. The van der Waals surface area contributed by atoms with Crippen molar-refractivity contribution in [3.63, 3.8) is 0 Å². The molecule has 2 heterocycles. The number of rotatable bonds is 7. The highest BCUT2D eigenvalue weighted by Gasteiger charge is 2.11. The van der Waals surface area contributed by atoms with Crippen molar-refractivity contribution in [2.24, 2.45) is 0 Å². The second-order valence-electron chi connectivity index (χ2n) is 5.90. The van der Waals surface area contributed by atoms with Crippen LogP contribution >= 0.6 is 0 Å². The van der Waals surface area contributed by atoms with Crippen LogP contribution in [-0.2, 0) is 0 Å². The van der Waals surface area contributed by atoms with E-state index >= 15 is 0 Å². The first-order valence-corrected chi connectivity index (χ1v) is 8.71. The number of hydrogen-bond acceptors (Lipinski definition) is 7. The zero-order valence-corrected chi connectivity index (χ0v) is 15.2. The van der Waals surface area contributed by atoms with E-state index in [0.29, 0.717) is 30.0 Å². The van der Waals surface area contributed by atoms with Crippen molar-refractivity contribution >= 4 is 28.6 Å². The first kappa shape index (κ1) is 18.4. The van der Waals surface area contributed by atoms with Crippen LogP contribution in [0.3, 0.4) is 0 Å². The molecule has 140 valence electrons. The maximum absolute atomic E-state index is 12.2. The lowest BCUT2D eigenvalue weighted by Crippen LogP contribution is -2.29. The van der Waals surface area contributed by atoms with Crippen LogP contribution < -0.4 is 21.4 Å². The maximum atomic E-state index is 12.2. The number of para-hydroxylation sites is 1. The summed E-state index contributed by atoms with van der Waals surface area (Å²) in [6.45, 7) is 5.40. The number of aromatic nitrogens is 2. The fraction of sp³-hybridized carbons (Fsp3) is 0.263. The number of anilines is 2. The molecular formula is C19H21N5O3. The molecule has 8 heteroatoms. The van der Waals surface area contributed by atoms with Gasteiger partial charge in [-0.2, -0.15) is 4.98 Å². The summed E-state index contributed by atoms with van der Waals surface area (Å²) in [7, 11) is 0. The molecule has 0 atom stereocenters. The van der Waals surface area contributed by atoms with Gasteiger partial charge in [-0.1, -0.05) is 12.1 Å². The Balaban J connectivity index is 1.58. The van der Waals surface area contributed by atoms with Gasteiger partial charge >= 0.3 is 0 Å². The van der Waals surface area contributed by atoms with Crippen LogP contribution in [0, 0.1) is 6.92 Å². The third-order valence-electron chi connectivity index (χ3n) is 3.76. The molecule has 0 aliphatic rings. The first-order chi connectivity index (χ1) is 13.1. The highest BCUT2D eigenvalue weighted by atomic mass is 16.3. The lowest BCUT2D eigenvalue weighted by molar-refractivity contribution is 0.0928. The molecule has 0 fully saturated rings. The third kappa shape index (κ3) is 4.60. The number of carbonyl (C=O) groups excluding carboxylic acids is 1. The average molecular weight is 367 g/mol. The van der Waals surface area contributed by atoms with Crippen LogP contribution in [0.15, 0.2) is 45.6 Å². The van der Waals surface area contributed by atoms with E-state index in [1.165, 1.54) is 6.07 Å². The largest absolute Gasteiger partial charge is 0.451 e. The molecule has 0 bridgehead atoms. The second-order valence-corrected chi connectivity index (χ2v) is 5.90. The van der Waals surface area contributed by atoms with Gasteiger partial charge in [0.2, 0.25) is 5.95 Å². The molecule has 8 nitrogen and oxygen atoms in total. The van der Waals surface area contributed by atoms with Crippen LogP contribution in [0.5, 0.6) is 0 Å². The number of carbonyl (C=O) groups is 1. The predicted molar refractivity (Wildman–Crippen MR) is 104 cm³/mol. The summed E-state index contributed by atoms with van der Waals surface area (Å²) in [5.74, 6) is 0.769. The van der Waals surface area contributed by atoms with Crippen molar-refractivity contribution < 1.29 is 9.21 Å². The Morgan fingerprint density at radius 3 is 2.74 bits per heavy atom. The van der Waals surface area contributed by atoms with Gasteiger partial charge in [-0.25, -0.2) is 4.98 Å². The fourth-order valence-corrected chi connectivity index (χ4v) is 2.57. The minimum atomic E-state index is -0.446. The van der Waals surface area contributed by atoms with Crippen LogP contribution in [0.4, 0.5) is 11.8 Å². The third-order valence-corrected chi connectivity index (χ3v) is 3.76. The zero-order valence-electron chi connectivity index (χ0n) is 15.2. The van der Waals surface area contributed by atoms with E-state index in [2.05, 4.69) is 25.9 Å². The number of hydrogen-bond donors (Lipinski definition) is 3. The van der Waals surface area contributed by atoms with Gasteiger partial charge < -0.3 is 20.4 Å². The van der Waals surface area contributed by atoms with Gasteiger partial charge in [-0.05, 0) is 26.0 Å². The molecule has 3 aromatic rings. The standard InChI is InChI=1S/C19H21N5O3/c1-3-20-17-10-12(2)23-19(24-17)22-9-8-21-18(26)16-11-14(25)13-6-4-5-7-15(13)27-16/h4-7,10-11H,3,8-9H2,1-2H3,(H,21,26)(H2,20,22,23,24). The zero-order chi connectivity index (χ0) is 19.2. The summed E-state index contributed by atoms with van der Waals surface area (Å²) in [5.41, 5.74) is 0.979. The molecule has 1 aromatic carbocycles. The summed E-state index contributed by atoms with van der Waals surface area (Å²) in [6, 6.07) is 9.89. The van der Waals surface area contributed by atoms with E-state index in [0.717, 1.165) is 18.1 Å². The molecule has 0 unspecified atom stereocenters. The minimum Gasteiger partial charge on any atom is -0.451 e. The summed E-state index contributed by atoms with van der Waals surface area (Å²) < 4.78 is 5.51. The molecule has 0 spiro atoms. The van der Waals surface area contributed by atoms with Crippen molar-refractivity contribution in [3.05, 3.63) is 58.1 Å². The Bertz CT molecular complexity index is 1020.